The zero-order valence-corrected chi connectivity index (χ0v) is 16.9. The summed E-state index contributed by atoms with van der Waals surface area (Å²) >= 11 is 0. The van der Waals surface area contributed by atoms with Crippen LogP contribution in [-0.4, -0.2) is 37.3 Å². The van der Waals surface area contributed by atoms with Crippen molar-refractivity contribution in [2.45, 2.75) is 19.3 Å². The molecule has 0 unspecified atom stereocenters. The third kappa shape index (κ3) is 4.42. The van der Waals surface area contributed by atoms with Gasteiger partial charge in [0.05, 0.1) is 25.6 Å². The highest BCUT2D eigenvalue weighted by Gasteiger charge is 2.17. The summed E-state index contributed by atoms with van der Waals surface area (Å²) < 4.78 is 10.8. The Hall–Kier alpha value is -3.28. The number of nitrogens with zero attached hydrogens (tertiary/aromatic N) is 3. The van der Waals surface area contributed by atoms with E-state index in [1.165, 1.54) is 19.3 Å². The lowest BCUT2D eigenvalue weighted by Gasteiger charge is -2.27. The standard InChI is InChI=1S/C23H26N4O2/c1-28-18-11-12-19(21(15-18)29-2)24-22-16-20(17-9-5-3-6-10-17)25-23(26-22)27-13-7-4-8-14-27/h3,5-6,9-12,15-16H,4,7-8,13-14H2,1-2H3,(H,24,25,26). The van der Waals surface area contributed by atoms with Crippen molar-refractivity contribution in [1.82, 2.24) is 9.97 Å². The number of hydrogen-bond acceptors (Lipinski definition) is 6. The summed E-state index contributed by atoms with van der Waals surface area (Å²) in [7, 11) is 3.29. The van der Waals surface area contributed by atoms with Crippen molar-refractivity contribution < 1.29 is 9.47 Å². The molecule has 0 aliphatic carbocycles. The Morgan fingerprint density at radius 3 is 2.38 bits per heavy atom. The molecule has 0 atom stereocenters. The van der Waals surface area contributed by atoms with E-state index in [1.54, 1.807) is 14.2 Å². The summed E-state index contributed by atoms with van der Waals surface area (Å²) in [5.74, 6) is 2.95. The van der Waals surface area contributed by atoms with E-state index in [-0.39, 0.29) is 0 Å². The van der Waals surface area contributed by atoms with Gasteiger partial charge in [0.2, 0.25) is 5.95 Å². The second-order valence-corrected chi connectivity index (χ2v) is 7.04. The number of piperidine rings is 1. The number of benzene rings is 2. The normalized spacial score (nSPS) is 13.8. The van der Waals surface area contributed by atoms with Crippen molar-refractivity contribution in [2.75, 3.05) is 37.5 Å². The van der Waals surface area contributed by atoms with Crippen molar-refractivity contribution in [2.24, 2.45) is 0 Å². The van der Waals surface area contributed by atoms with Crippen LogP contribution in [0.15, 0.2) is 54.6 Å². The summed E-state index contributed by atoms with van der Waals surface area (Å²) in [6.45, 7) is 1.98. The molecule has 4 rings (SSSR count). The van der Waals surface area contributed by atoms with Crippen LogP contribution in [0.2, 0.25) is 0 Å². The fraction of sp³-hybridized carbons (Fsp3) is 0.304. The molecule has 150 valence electrons. The van der Waals surface area contributed by atoms with Crippen LogP contribution in [0.25, 0.3) is 11.3 Å². The number of ether oxygens (including phenoxy) is 2. The number of rotatable bonds is 6. The number of methoxy groups -OCH3 is 2. The van der Waals surface area contributed by atoms with Crippen LogP contribution in [-0.2, 0) is 0 Å². The van der Waals surface area contributed by atoms with Gasteiger partial charge >= 0.3 is 0 Å². The quantitative estimate of drug-likeness (QED) is 0.646. The van der Waals surface area contributed by atoms with Crippen molar-refractivity contribution in [3.05, 3.63) is 54.6 Å². The predicted octanol–water partition coefficient (Wildman–Crippen LogP) is 4.89. The fourth-order valence-electron chi connectivity index (χ4n) is 3.53. The largest absolute Gasteiger partial charge is 0.497 e. The van der Waals surface area contributed by atoms with Gasteiger partial charge in [-0.15, -0.1) is 0 Å². The number of nitrogens with one attached hydrogen (secondary N) is 1. The molecule has 6 heteroatoms. The van der Waals surface area contributed by atoms with Crippen LogP contribution in [0.4, 0.5) is 17.5 Å². The molecule has 1 aromatic heterocycles. The molecule has 1 N–H and O–H groups in total. The molecule has 0 spiro atoms. The first-order valence-electron chi connectivity index (χ1n) is 9.95. The molecule has 1 aliphatic rings. The highest BCUT2D eigenvalue weighted by molar-refractivity contribution is 5.70. The molecule has 3 aromatic rings. The molecule has 1 saturated heterocycles. The number of hydrogen-bond donors (Lipinski definition) is 1. The predicted molar refractivity (Wildman–Crippen MR) is 116 cm³/mol. The highest BCUT2D eigenvalue weighted by Crippen LogP contribution is 2.32. The van der Waals surface area contributed by atoms with Crippen molar-refractivity contribution in [3.8, 4) is 22.8 Å². The summed E-state index contributed by atoms with van der Waals surface area (Å²) in [6.07, 6.45) is 3.62. The van der Waals surface area contributed by atoms with E-state index < -0.39 is 0 Å². The molecule has 2 heterocycles. The third-order valence-corrected chi connectivity index (χ3v) is 5.09. The van der Waals surface area contributed by atoms with Crippen molar-refractivity contribution in [3.63, 3.8) is 0 Å². The van der Waals surface area contributed by atoms with E-state index in [0.29, 0.717) is 5.75 Å². The van der Waals surface area contributed by atoms with Gasteiger partial charge in [0.1, 0.15) is 17.3 Å². The second kappa shape index (κ2) is 8.82. The Bertz CT molecular complexity index is 956. The maximum Gasteiger partial charge on any atom is 0.227 e. The molecule has 0 radical (unpaired) electrons. The van der Waals surface area contributed by atoms with Crippen molar-refractivity contribution >= 4 is 17.5 Å². The molecule has 1 aliphatic heterocycles. The third-order valence-electron chi connectivity index (χ3n) is 5.09. The summed E-state index contributed by atoms with van der Waals surface area (Å²) in [5.41, 5.74) is 2.80. The first-order valence-corrected chi connectivity index (χ1v) is 9.95. The van der Waals surface area contributed by atoms with E-state index in [1.807, 2.05) is 42.5 Å². The lowest BCUT2D eigenvalue weighted by atomic mass is 10.1. The average Bonchev–Trinajstić information content (AvgIpc) is 2.80. The van der Waals surface area contributed by atoms with E-state index in [4.69, 9.17) is 19.4 Å². The van der Waals surface area contributed by atoms with Gasteiger partial charge in [-0.1, -0.05) is 30.3 Å². The van der Waals surface area contributed by atoms with E-state index in [9.17, 15) is 0 Å². The lowest BCUT2D eigenvalue weighted by molar-refractivity contribution is 0.395. The average molecular weight is 390 g/mol. The number of aromatic nitrogens is 2. The Kier molecular flexibility index (Phi) is 5.79. The van der Waals surface area contributed by atoms with Gasteiger partial charge in [-0.3, -0.25) is 0 Å². The minimum Gasteiger partial charge on any atom is -0.497 e. The Labute approximate surface area is 171 Å². The molecule has 0 saturated carbocycles. The highest BCUT2D eigenvalue weighted by atomic mass is 16.5. The van der Waals surface area contributed by atoms with Gasteiger partial charge in [-0.25, -0.2) is 4.98 Å². The molecule has 0 amide bonds. The van der Waals surface area contributed by atoms with E-state index >= 15 is 0 Å². The van der Waals surface area contributed by atoms with Crippen LogP contribution in [0, 0.1) is 0 Å². The Morgan fingerprint density at radius 2 is 1.66 bits per heavy atom. The first-order chi connectivity index (χ1) is 14.3. The minimum absolute atomic E-state index is 0.698. The van der Waals surface area contributed by atoms with Crippen LogP contribution in [0.1, 0.15) is 19.3 Å². The molecular weight excluding hydrogens is 364 g/mol. The van der Waals surface area contributed by atoms with Gasteiger partial charge in [0, 0.05) is 30.8 Å². The summed E-state index contributed by atoms with van der Waals surface area (Å²) in [5, 5.41) is 3.41. The Balaban J connectivity index is 1.72. The maximum atomic E-state index is 5.53. The van der Waals surface area contributed by atoms with E-state index in [2.05, 4.69) is 22.3 Å². The lowest BCUT2D eigenvalue weighted by Crippen LogP contribution is -2.31. The summed E-state index contributed by atoms with van der Waals surface area (Å²) in [4.78, 5) is 11.9. The molecule has 6 nitrogen and oxygen atoms in total. The SMILES string of the molecule is COc1ccc(Nc2cc(-c3ccccc3)nc(N3CCCCC3)n2)c(OC)c1. The smallest absolute Gasteiger partial charge is 0.227 e. The van der Waals surface area contributed by atoms with Crippen molar-refractivity contribution in [1.29, 1.82) is 0 Å². The zero-order chi connectivity index (χ0) is 20.1. The summed E-state index contributed by atoms with van der Waals surface area (Å²) in [6, 6.07) is 17.9. The fourth-order valence-corrected chi connectivity index (χ4v) is 3.53. The van der Waals surface area contributed by atoms with Crippen LogP contribution in [0.5, 0.6) is 11.5 Å². The first kappa shape index (κ1) is 19.1. The van der Waals surface area contributed by atoms with E-state index in [0.717, 1.165) is 47.5 Å². The topological polar surface area (TPSA) is 59.5 Å². The minimum atomic E-state index is 0.698. The molecule has 29 heavy (non-hydrogen) atoms. The Morgan fingerprint density at radius 1 is 0.862 bits per heavy atom. The van der Waals surface area contributed by atoms with Crippen LogP contribution < -0.4 is 19.7 Å². The van der Waals surface area contributed by atoms with Gasteiger partial charge in [0.15, 0.2) is 0 Å². The molecular formula is C23H26N4O2. The molecule has 1 fully saturated rings. The number of anilines is 3. The van der Waals surface area contributed by atoms with Gasteiger partial charge < -0.3 is 19.7 Å². The van der Waals surface area contributed by atoms with Gasteiger partial charge in [-0.05, 0) is 31.4 Å². The van der Waals surface area contributed by atoms with Crippen LogP contribution in [0.3, 0.4) is 0 Å². The maximum absolute atomic E-state index is 5.53. The molecule has 0 bridgehead atoms. The van der Waals surface area contributed by atoms with Crippen LogP contribution >= 0.6 is 0 Å². The monoisotopic (exact) mass is 390 g/mol. The zero-order valence-electron chi connectivity index (χ0n) is 16.9. The molecule has 2 aromatic carbocycles. The van der Waals surface area contributed by atoms with Gasteiger partial charge in [0.25, 0.3) is 0 Å². The second-order valence-electron chi connectivity index (χ2n) is 7.04. The van der Waals surface area contributed by atoms with Gasteiger partial charge in [-0.2, -0.15) is 4.98 Å².